The van der Waals surface area contributed by atoms with Crippen LogP contribution in [0.5, 0.6) is 11.5 Å². The molecule has 1 atom stereocenters. The summed E-state index contributed by atoms with van der Waals surface area (Å²) in [5.74, 6) is 0.399. The molecular formula is C21H26N2O6S. The topological polar surface area (TPSA) is 102 Å². The number of nitrogens with zero attached hydrogens (tertiary/aromatic N) is 1. The lowest BCUT2D eigenvalue weighted by Gasteiger charge is -2.24. The molecule has 0 unspecified atom stereocenters. The van der Waals surface area contributed by atoms with Crippen molar-refractivity contribution in [2.75, 3.05) is 31.3 Å². The highest BCUT2D eigenvalue weighted by Gasteiger charge is 2.23. The van der Waals surface area contributed by atoms with Crippen LogP contribution in [0, 0.1) is 0 Å². The van der Waals surface area contributed by atoms with E-state index in [1.165, 1.54) is 27.2 Å². The van der Waals surface area contributed by atoms with Crippen LogP contribution in [0.1, 0.15) is 35.8 Å². The van der Waals surface area contributed by atoms with Crippen LogP contribution in [0.2, 0.25) is 0 Å². The van der Waals surface area contributed by atoms with Gasteiger partial charge in [-0.1, -0.05) is 18.2 Å². The highest BCUT2D eigenvalue weighted by Crippen LogP contribution is 2.30. The van der Waals surface area contributed by atoms with E-state index >= 15 is 0 Å². The van der Waals surface area contributed by atoms with Crippen LogP contribution in [0.25, 0.3) is 0 Å². The monoisotopic (exact) mass is 434 g/mol. The average Bonchev–Trinajstić information content (AvgIpc) is 2.70. The minimum absolute atomic E-state index is 0.197. The molecule has 8 nitrogen and oxygen atoms in total. The number of ether oxygens (including phenoxy) is 2. The predicted octanol–water partition coefficient (Wildman–Crippen LogP) is 2.55. The largest absolute Gasteiger partial charge is 0.493 e. The molecule has 2 aromatic carbocycles. The maximum atomic E-state index is 12.6. The van der Waals surface area contributed by atoms with Crippen molar-refractivity contribution in [3.63, 3.8) is 0 Å². The van der Waals surface area contributed by atoms with Crippen LogP contribution < -0.4 is 19.1 Å². The van der Waals surface area contributed by atoms with E-state index < -0.39 is 28.5 Å². The van der Waals surface area contributed by atoms with Crippen molar-refractivity contribution >= 4 is 27.4 Å². The number of rotatable bonds is 9. The van der Waals surface area contributed by atoms with E-state index in [1.807, 2.05) is 0 Å². The molecule has 2 rings (SSSR count). The summed E-state index contributed by atoms with van der Waals surface area (Å²) >= 11 is 0. The molecule has 0 spiro atoms. The molecule has 1 amide bonds. The molecule has 0 aliphatic carbocycles. The van der Waals surface area contributed by atoms with E-state index in [2.05, 4.69) is 5.32 Å². The van der Waals surface area contributed by atoms with Gasteiger partial charge < -0.3 is 14.8 Å². The zero-order valence-electron chi connectivity index (χ0n) is 17.6. The summed E-state index contributed by atoms with van der Waals surface area (Å²) in [5.41, 5.74) is 1.38. The van der Waals surface area contributed by atoms with Gasteiger partial charge in [-0.15, -0.1) is 0 Å². The number of carbonyl (C=O) groups excluding carboxylic acids is 2. The molecule has 0 heterocycles. The van der Waals surface area contributed by atoms with Crippen molar-refractivity contribution < 1.29 is 27.5 Å². The lowest BCUT2D eigenvalue weighted by atomic mass is 10.1. The van der Waals surface area contributed by atoms with Crippen LogP contribution >= 0.6 is 0 Å². The van der Waals surface area contributed by atoms with Gasteiger partial charge in [0.1, 0.15) is 6.54 Å². The Morgan fingerprint density at radius 1 is 1.07 bits per heavy atom. The van der Waals surface area contributed by atoms with Crippen molar-refractivity contribution in [1.29, 1.82) is 0 Å². The molecule has 2 aromatic rings. The zero-order chi connectivity index (χ0) is 22.5. The molecule has 0 aliphatic heterocycles. The molecule has 9 heteroatoms. The minimum Gasteiger partial charge on any atom is -0.493 e. The number of nitrogens with one attached hydrogen (secondary N) is 1. The molecule has 0 fully saturated rings. The van der Waals surface area contributed by atoms with Gasteiger partial charge in [0.05, 0.1) is 32.2 Å². The first-order valence-corrected chi connectivity index (χ1v) is 11.0. The Morgan fingerprint density at radius 2 is 1.73 bits per heavy atom. The predicted molar refractivity (Wildman–Crippen MR) is 115 cm³/mol. The summed E-state index contributed by atoms with van der Waals surface area (Å²) in [6.45, 7) is 2.75. The zero-order valence-corrected chi connectivity index (χ0v) is 18.4. The minimum atomic E-state index is -3.75. The van der Waals surface area contributed by atoms with Crippen LogP contribution in [0.15, 0.2) is 42.5 Å². The number of methoxy groups -OCH3 is 2. The maximum Gasteiger partial charge on any atom is 0.241 e. The van der Waals surface area contributed by atoms with E-state index in [1.54, 1.807) is 43.3 Å². The molecule has 0 aliphatic rings. The van der Waals surface area contributed by atoms with Gasteiger partial charge in [0.15, 0.2) is 17.3 Å². The van der Waals surface area contributed by atoms with Crippen LogP contribution in [0.3, 0.4) is 0 Å². The van der Waals surface area contributed by atoms with E-state index in [4.69, 9.17) is 9.47 Å². The Kier molecular flexibility index (Phi) is 7.44. The molecule has 1 N–H and O–H groups in total. The fourth-order valence-corrected chi connectivity index (χ4v) is 3.75. The Balaban J connectivity index is 2.21. The number of hydrogen-bond donors (Lipinski definition) is 1. The van der Waals surface area contributed by atoms with Crippen LogP contribution in [-0.4, -0.2) is 47.1 Å². The number of benzene rings is 2. The van der Waals surface area contributed by atoms with Gasteiger partial charge in [0.25, 0.3) is 0 Å². The fourth-order valence-electron chi connectivity index (χ4n) is 2.90. The number of anilines is 1. The second-order valence-corrected chi connectivity index (χ2v) is 8.69. The van der Waals surface area contributed by atoms with E-state index in [-0.39, 0.29) is 11.5 Å². The lowest BCUT2D eigenvalue weighted by molar-refractivity contribution is -0.120. The third-order valence-electron chi connectivity index (χ3n) is 4.51. The Morgan fingerprint density at radius 3 is 2.30 bits per heavy atom. The smallest absolute Gasteiger partial charge is 0.241 e. The molecular weight excluding hydrogens is 408 g/mol. The molecule has 162 valence electrons. The quantitative estimate of drug-likeness (QED) is 0.609. The van der Waals surface area contributed by atoms with Crippen molar-refractivity contribution in [2.45, 2.75) is 19.9 Å². The number of ketones is 1. The molecule has 30 heavy (non-hydrogen) atoms. The number of carbonyl (C=O) groups is 2. The van der Waals surface area contributed by atoms with Gasteiger partial charge in [-0.2, -0.15) is 0 Å². The fraction of sp³-hybridized carbons (Fsp3) is 0.333. The van der Waals surface area contributed by atoms with E-state index in [0.717, 1.165) is 16.1 Å². The number of amides is 1. The van der Waals surface area contributed by atoms with Gasteiger partial charge in [-0.3, -0.25) is 13.9 Å². The standard InChI is InChI=1S/C21H26N2O6S/c1-14(16-9-10-19(28-3)20(12-16)29-4)22-21(25)13-23(30(5,26)27)18-8-6-7-17(11-18)15(2)24/h6-12,14H,13H2,1-5H3,(H,22,25)/t14-/m0/s1. The van der Waals surface area contributed by atoms with Gasteiger partial charge in [-0.25, -0.2) is 8.42 Å². The maximum absolute atomic E-state index is 12.6. The normalized spacial score (nSPS) is 12.0. The van der Waals surface area contributed by atoms with Gasteiger partial charge in [0.2, 0.25) is 15.9 Å². The number of sulfonamides is 1. The first kappa shape index (κ1) is 23.2. The van der Waals surface area contributed by atoms with Gasteiger partial charge in [0, 0.05) is 5.56 Å². The first-order chi connectivity index (χ1) is 14.1. The van der Waals surface area contributed by atoms with E-state index in [9.17, 15) is 18.0 Å². The third-order valence-corrected chi connectivity index (χ3v) is 5.65. The highest BCUT2D eigenvalue weighted by atomic mass is 32.2. The SMILES string of the molecule is COc1ccc([C@H](C)NC(=O)CN(c2cccc(C(C)=O)c2)S(C)(=O)=O)cc1OC. The van der Waals surface area contributed by atoms with Crippen molar-refractivity contribution in [3.05, 3.63) is 53.6 Å². The summed E-state index contributed by atoms with van der Waals surface area (Å²) in [6.07, 6.45) is 1.01. The highest BCUT2D eigenvalue weighted by molar-refractivity contribution is 7.92. The lowest BCUT2D eigenvalue weighted by Crippen LogP contribution is -2.41. The summed E-state index contributed by atoms with van der Waals surface area (Å²) < 4.78 is 36.0. The first-order valence-electron chi connectivity index (χ1n) is 9.16. The molecule has 0 aromatic heterocycles. The average molecular weight is 435 g/mol. The van der Waals surface area contributed by atoms with Crippen molar-refractivity contribution in [1.82, 2.24) is 5.32 Å². The van der Waals surface area contributed by atoms with Crippen molar-refractivity contribution in [2.24, 2.45) is 0 Å². The number of Topliss-reactive ketones (excluding diaryl/α,β-unsaturated/α-hetero) is 1. The Labute approximate surface area is 176 Å². The van der Waals surface area contributed by atoms with Gasteiger partial charge in [-0.05, 0) is 43.7 Å². The van der Waals surface area contributed by atoms with Gasteiger partial charge >= 0.3 is 0 Å². The molecule has 0 radical (unpaired) electrons. The third kappa shape index (κ3) is 5.73. The second-order valence-electron chi connectivity index (χ2n) is 6.78. The van der Waals surface area contributed by atoms with Crippen molar-refractivity contribution in [3.8, 4) is 11.5 Å². The second kappa shape index (κ2) is 9.62. The molecule has 0 saturated carbocycles. The summed E-state index contributed by atoms with van der Waals surface area (Å²) in [7, 11) is -0.702. The Hall–Kier alpha value is -3.07. The molecule has 0 saturated heterocycles. The molecule has 0 bridgehead atoms. The van der Waals surface area contributed by atoms with E-state index in [0.29, 0.717) is 17.1 Å². The number of hydrogen-bond acceptors (Lipinski definition) is 6. The summed E-state index contributed by atoms with van der Waals surface area (Å²) in [4.78, 5) is 24.2. The summed E-state index contributed by atoms with van der Waals surface area (Å²) in [5, 5.41) is 2.79. The Bertz CT molecular complexity index is 1040. The van der Waals surface area contributed by atoms with Crippen LogP contribution in [-0.2, 0) is 14.8 Å². The van der Waals surface area contributed by atoms with Crippen LogP contribution in [0.4, 0.5) is 5.69 Å². The summed E-state index contributed by atoms with van der Waals surface area (Å²) in [6, 6.07) is 11.0.